The van der Waals surface area contributed by atoms with Gasteiger partial charge in [-0.05, 0) is 6.07 Å². The third kappa shape index (κ3) is 2.40. The van der Waals surface area contributed by atoms with E-state index in [1.807, 2.05) is 0 Å². The minimum Gasteiger partial charge on any atom is -0.294 e. The molecule has 1 unspecified atom stereocenters. The average molecular weight is 227 g/mol. The molecule has 0 N–H and O–H groups in total. The van der Waals surface area contributed by atoms with Crippen molar-refractivity contribution in [2.75, 3.05) is 0 Å². The smallest absolute Gasteiger partial charge is 0.169 e. The summed E-state index contributed by atoms with van der Waals surface area (Å²) in [5.41, 5.74) is -0.526. The predicted octanol–water partition coefficient (Wildman–Crippen LogP) is 2.84. The van der Waals surface area contributed by atoms with E-state index in [1.165, 1.54) is 6.92 Å². The molecule has 1 aromatic rings. The second kappa shape index (κ2) is 4.79. The number of nitrogens with zero attached hydrogens (tertiary/aromatic N) is 1. The van der Waals surface area contributed by atoms with Crippen LogP contribution in [0.3, 0.4) is 0 Å². The van der Waals surface area contributed by atoms with Crippen LogP contribution in [0.4, 0.5) is 13.2 Å². The molecule has 0 aliphatic carbocycles. The van der Waals surface area contributed by atoms with Gasteiger partial charge < -0.3 is 0 Å². The first-order valence-corrected chi connectivity index (χ1v) is 4.53. The number of benzene rings is 1. The Morgan fingerprint density at radius 3 is 2.44 bits per heavy atom. The Hall–Kier alpha value is -1.83. The SMILES string of the molecule is CC(CC#N)C(=O)c1cc(F)c(F)cc1F. The van der Waals surface area contributed by atoms with Gasteiger partial charge in [0.15, 0.2) is 17.4 Å². The Balaban J connectivity index is 3.10. The third-order valence-corrected chi connectivity index (χ3v) is 2.12. The molecule has 0 saturated heterocycles. The van der Waals surface area contributed by atoms with Crippen LogP contribution in [0.15, 0.2) is 12.1 Å². The molecule has 0 fully saturated rings. The second-order valence-electron chi connectivity index (χ2n) is 3.37. The van der Waals surface area contributed by atoms with Crippen molar-refractivity contribution in [3.05, 3.63) is 35.1 Å². The quantitative estimate of drug-likeness (QED) is 0.588. The molecule has 0 spiro atoms. The molecule has 0 bridgehead atoms. The first kappa shape index (κ1) is 12.2. The van der Waals surface area contributed by atoms with Crippen molar-refractivity contribution in [2.45, 2.75) is 13.3 Å². The van der Waals surface area contributed by atoms with Crippen LogP contribution in [0.1, 0.15) is 23.7 Å². The molecule has 0 aliphatic heterocycles. The number of nitriles is 1. The number of carbonyl (C=O) groups excluding carboxylic acids is 1. The van der Waals surface area contributed by atoms with Crippen LogP contribution in [-0.2, 0) is 0 Å². The van der Waals surface area contributed by atoms with Crippen LogP contribution in [0.25, 0.3) is 0 Å². The van der Waals surface area contributed by atoms with Gasteiger partial charge >= 0.3 is 0 Å². The van der Waals surface area contributed by atoms with E-state index in [0.717, 1.165) is 0 Å². The maximum absolute atomic E-state index is 13.2. The Morgan fingerprint density at radius 1 is 1.31 bits per heavy atom. The molecule has 0 amide bonds. The molecule has 1 aromatic carbocycles. The lowest BCUT2D eigenvalue weighted by molar-refractivity contribution is 0.0927. The summed E-state index contributed by atoms with van der Waals surface area (Å²) in [6.45, 7) is 1.42. The van der Waals surface area contributed by atoms with Crippen molar-refractivity contribution in [2.24, 2.45) is 5.92 Å². The number of rotatable bonds is 3. The van der Waals surface area contributed by atoms with Crippen LogP contribution in [-0.4, -0.2) is 5.78 Å². The van der Waals surface area contributed by atoms with E-state index < -0.39 is 34.7 Å². The number of halogens is 3. The molecule has 1 atom stereocenters. The minimum absolute atomic E-state index is 0.0999. The topological polar surface area (TPSA) is 40.9 Å². The van der Waals surface area contributed by atoms with Crippen molar-refractivity contribution >= 4 is 5.78 Å². The van der Waals surface area contributed by atoms with E-state index in [1.54, 1.807) is 6.07 Å². The Bertz CT molecular complexity index is 465. The van der Waals surface area contributed by atoms with Gasteiger partial charge in [-0.2, -0.15) is 5.26 Å². The number of carbonyl (C=O) groups is 1. The summed E-state index contributed by atoms with van der Waals surface area (Å²) in [7, 11) is 0. The van der Waals surface area contributed by atoms with E-state index in [2.05, 4.69) is 0 Å². The third-order valence-electron chi connectivity index (χ3n) is 2.12. The fourth-order valence-corrected chi connectivity index (χ4v) is 1.21. The highest BCUT2D eigenvalue weighted by Gasteiger charge is 2.20. The number of ketones is 1. The van der Waals surface area contributed by atoms with Crippen molar-refractivity contribution < 1.29 is 18.0 Å². The maximum Gasteiger partial charge on any atom is 0.169 e. The Labute approximate surface area is 90.3 Å². The number of Topliss-reactive ketones (excluding diaryl/α,β-unsaturated/α-hetero) is 1. The van der Waals surface area contributed by atoms with Crippen LogP contribution in [0.5, 0.6) is 0 Å². The van der Waals surface area contributed by atoms with E-state index in [9.17, 15) is 18.0 Å². The van der Waals surface area contributed by atoms with Gasteiger partial charge in [0.25, 0.3) is 0 Å². The molecule has 1 rings (SSSR count). The molecule has 84 valence electrons. The van der Waals surface area contributed by atoms with E-state index in [0.29, 0.717) is 12.1 Å². The van der Waals surface area contributed by atoms with Crippen molar-refractivity contribution in [1.29, 1.82) is 5.26 Å². The van der Waals surface area contributed by atoms with Gasteiger partial charge in [0.05, 0.1) is 11.6 Å². The summed E-state index contributed by atoms with van der Waals surface area (Å²) in [4.78, 5) is 11.5. The van der Waals surface area contributed by atoms with Gasteiger partial charge in [-0.15, -0.1) is 0 Å². The molecule has 2 nitrogen and oxygen atoms in total. The fraction of sp³-hybridized carbons (Fsp3) is 0.273. The standard InChI is InChI=1S/C11H8F3NO/c1-6(2-3-15)11(16)7-4-9(13)10(14)5-8(7)12/h4-6H,2H2,1H3. The summed E-state index contributed by atoms with van der Waals surface area (Å²) in [6.07, 6.45) is -0.0999. The van der Waals surface area contributed by atoms with Crippen LogP contribution in [0.2, 0.25) is 0 Å². The monoisotopic (exact) mass is 227 g/mol. The highest BCUT2D eigenvalue weighted by atomic mass is 19.2. The van der Waals surface area contributed by atoms with Crippen molar-refractivity contribution in [3.8, 4) is 6.07 Å². The molecule has 5 heteroatoms. The molecule has 0 radical (unpaired) electrons. The van der Waals surface area contributed by atoms with Crippen molar-refractivity contribution in [3.63, 3.8) is 0 Å². The van der Waals surface area contributed by atoms with E-state index >= 15 is 0 Å². The van der Waals surface area contributed by atoms with Crippen LogP contribution >= 0.6 is 0 Å². The summed E-state index contributed by atoms with van der Waals surface area (Å²) in [6, 6.07) is 2.59. The first-order valence-electron chi connectivity index (χ1n) is 4.53. The van der Waals surface area contributed by atoms with E-state index in [4.69, 9.17) is 5.26 Å². The molecule has 0 heterocycles. The lowest BCUT2D eigenvalue weighted by Crippen LogP contribution is -2.13. The normalized spacial score (nSPS) is 11.9. The minimum atomic E-state index is -1.35. The molecule has 0 saturated carbocycles. The number of hydrogen-bond acceptors (Lipinski definition) is 2. The van der Waals surface area contributed by atoms with Crippen LogP contribution < -0.4 is 0 Å². The molecule has 0 aromatic heterocycles. The van der Waals surface area contributed by atoms with Gasteiger partial charge in [0.1, 0.15) is 5.82 Å². The summed E-state index contributed by atoms with van der Waals surface area (Å²) in [5.74, 6) is -5.20. The zero-order chi connectivity index (χ0) is 12.3. The Morgan fingerprint density at radius 2 is 1.88 bits per heavy atom. The number of hydrogen-bond donors (Lipinski definition) is 0. The van der Waals surface area contributed by atoms with E-state index in [-0.39, 0.29) is 6.42 Å². The first-order chi connectivity index (χ1) is 7.47. The maximum atomic E-state index is 13.2. The Kier molecular flexibility index (Phi) is 3.67. The molecule has 16 heavy (non-hydrogen) atoms. The van der Waals surface area contributed by atoms with Gasteiger partial charge in [0, 0.05) is 18.4 Å². The zero-order valence-corrected chi connectivity index (χ0v) is 8.43. The average Bonchev–Trinajstić information content (AvgIpc) is 2.23. The summed E-state index contributed by atoms with van der Waals surface area (Å²) < 4.78 is 38.6. The molecular weight excluding hydrogens is 219 g/mol. The van der Waals surface area contributed by atoms with Gasteiger partial charge in [0.2, 0.25) is 0 Å². The largest absolute Gasteiger partial charge is 0.294 e. The van der Waals surface area contributed by atoms with Crippen molar-refractivity contribution in [1.82, 2.24) is 0 Å². The predicted molar refractivity (Wildman–Crippen MR) is 50.0 cm³/mol. The van der Waals surface area contributed by atoms with Gasteiger partial charge in [-0.3, -0.25) is 4.79 Å². The fourth-order valence-electron chi connectivity index (χ4n) is 1.21. The summed E-state index contributed by atoms with van der Waals surface area (Å²) in [5, 5.41) is 8.37. The lowest BCUT2D eigenvalue weighted by atomic mass is 9.96. The molecular formula is C11H8F3NO. The summed E-state index contributed by atoms with van der Waals surface area (Å²) >= 11 is 0. The van der Waals surface area contributed by atoms with Gasteiger partial charge in [-0.25, -0.2) is 13.2 Å². The van der Waals surface area contributed by atoms with Gasteiger partial charge in [-0.1, -0.05) is 6.92 Å². The van der Waals surface area contributed by atoms with Crippen LogP contribution in [0, 0.1) is 34.7 Å². The lowest BCUT2D eigenvalue weighted by Gasteiger charge is -2.07. The molecule has 0 aliphatic rings. The second-order valence-corrected chi connectivity index (χ2v) is 3.37. The zero-order valence-electron chi connectivity index (χ0n) is 8.43. The highest BCUT2D eigenvalue weighted by Crippen LogP contribution is 2.18. The highest BCUT2D eigenvalue weighted by molar-refractivity contribution is 5.98.